The molecule has 1 aliphatic rings. The summed E-state index contributed by atoms with van der Waals surface area (Å²) in [6, 6.07) is 15.5. The first-order chi connectivity index (χ1) is 12.8. The Labute approximate surface area is 153 Å². The number of carbonyl (C=O) groups excluding carboxylic acids is 1. The van der Waals surface area contributed by atoms with Gasteiger partial charge in [-0.25, -0.2) is 9.78 Å². The molecule has 0 N–H and O–H groups in total. The number of para-hydroxylation sites is 1. The van der Waals surface area contributed by atoms with Crippen LogP contribution in [0.15, 0.2) is 60.9 Å². The number of hydrogen-bond donors (Lipinski definition) is 0. The van der Waals surface area contributed by atoms with Gasteiger partial charge in [0.2, 0.25) is 0 Å². The van der Waals surface area contributed by atoms with E-state index in [-0.39, 0.29) is 12.6 Å². The lowest BCUT2D eigenvalue weighted by molar-refractivity contribution is 0.0474. The van der Waals surface area contributed by atoms with Crippen LogP contribution in [0.2, 0.25) is 0 Å². The van der Waals surface area contributed by atoms with Crippen molar-refractivity contribution in [3.05, 3.63) is 77.1 Å². The van der Waals surface area contributed by atoms with Crippen LogP contribution >= 0.6 is 11.3 Å². The third-order valence-corrected chi connectivity index (χ3v) is 5.48. The summed E-state index contributed by atoms with van der Waals surface area (Å²) < 4.78 is 13.1. The minimum Gasteiger partial charge on any atom is -0.488 e. The van der Waals surface area contributed by atoms with Crippen LogP contribution in [0.4, 0.5) is 0 Å². The van der Waals surface area contributed by atoms with E-state index in [0.29, 0.717) is 11.5 Å². The van der Waals surface area contributed by atoms with Gasteiger partial charge in [0.1, 0.15) is 29.5 Å². The standard InChI is InChI=1S/C20H14N2O3S/c23-20(25-12-14-10-22-8-4-3-7-18(22)21-14)17-9-13-11-24-16-6-2-1-5-15(16)19(13)26-17/h1-10H,11-12H2. The van der Waals surface area contributed by atoms with Gasteiger partial charge in [-0.15, -0.1) is 11.3 Å². The number of fused-ring (bicyclic) bond motifs is 4. The van der Waals surface area contributed by atoms with Crippen molar-refractivity contribution in [2.75, 3.05) is 0 Å². The molecule has 5 nitrogen and oxygen atoms in total. The summed E-state index contributed by atoms with van der Waals surface area (Å²) in [6.45, 7) is 0.624. The quantitative estimate of drug-likeness (QED) is 0.510. The van der Waals surface area contributed by atoms with Gasteiger partial charge < -0.3 is 13.9 Å². The SMILES string of the molecule is O=C(OCc1cn2ccccc2n1)c1cc2c(s1)-c1ccccc1OC2. The monoisotopic (exact) mass is 362 g/mol. The van der Waals surface area contributed by atoms with E-state index in [4.69, 9.17) is 9.47 Å². The maximum Gasteiger partial charge on any atom is 0.348 e. The summed E-state index contributed by atoms with van der Waals surface area (Å²) >= 11 is 1.45. The Balaban J connectivity index is 1.36. The van der Waals surface area contributed by atoms with Crippen molar-refractivity contribution < 1.29 is 14.3 Å². The number of rotatable bonds is 3. The zero-order chi connectivity index (χ0) is 17.5. The Kier molecular flexibility index (Phi) is 3.50. The summed E-state index contributed by atoms with van der Waals surface area (Å²) in [7, 11) is 0. The maximum absolute atomic E-state index is 12.5. The van der Waals surface area contributed by atoms with E-state index in [1.165, 1.54) is 11.3 Å². The highest BCUT2D eigenvalue weighted by atomic mass is 32.1. The first-order valence-electron chi connectivity index (χ1n) is 8.22. The molecule has 128 valence electrons. The predicted molar refractivity (Wildman–Crippen MR) is 98.4 cm³/mol. The summed E-state index contributed by atoms with van der Waals surface area (Å²) in [5.74, 6) is 0.519. The van der Waals surface area contributed by atoms with Crippen LogP contribution in [0.25, 0.3) is 16.1 Å². The number of benzene rings is 1. The smallest absolute Gasteiger partial charge is 0.348 e. The molecule has 4 heterocycles. The van der Waals surface area contributed by atoms with E-state index in [9.17, 15) is 4.79 Å². The number of ether oxygens (including phenoxy) is 2. The van der Waals surface area contributed by atoms with Gasteiger partial charge in [0.25, 0.3) is 0 Å². The third kappa shape index (κ3) is 2.55. The molecular formula is C20H14N2O3S. The highest BCUT2D eigenvalue weighted by Gasteiger charge is 2.23. The Morgan fingerprint density at radius 3 is 3.04 bits per heavy atom. The second-order valence-corrected chi connectivity index (χ2v) is 7.08. The van der Waals surface area contributed by atoms with Gasteiger partial charge >= 0.3 is 5.97 Å². The van der Waals surface area contributed by atoms with Gasteiger partial charge in [0.05, 0.1) is 5.69 Å². The Hall–Kier alpha value is -3.12. The van der Waals surface area contributed by atoms with E-state index in [0.717, 1.165) is 33.1 Å². The van der Waals surface area contributed by atoms with Crippen molar-refractivity contribution in [2.45, 2.75) is 13.2 Å². The molecule has 0 bridgehead atoms. The fourth-order valence-corrected chi connectivity index (χ4v) is 4.16. The van der Waals surface area contributed by atoms with Crippen molar-refractivity contribution in [3.8, 4) is 16.2 Å². The molecule has 0 radical (unpaired) electrons. The lowest BCUT2D eigenvalue weighted by Crippen LogP contribution is -2.04. The number of esters is 1. The summed E-state index contributed by atoms with van der Waals surface area (Å²) in [6.07, 6.45) is 3.78. The van der Waals surface area contributed by atoms with Gasteiger partial charge in [-0.2, -0.15) is 0 Å². The van der Waals surface area contributed by atoms with Crippen LogP contribution in [0, 0.1) is 0 Å². The second-order valence-electron chi connectivity index (χ2n) is 6.02. The molecule has 0 atom stereocenters. The van der Waals surface area contributed by atoms with Crippen LogP contribution in [-0.4, -0.2) is 15.4 Å². The average Bonchev–Trinajstić information content (AvgIpc) is 3.30. The van der Waals surface area contributed by atoms with Crippen molar-refractivity contribution in [1.82, 2.24) is 9.38 Å². The number of hydrogen-bond acceptors (Lipinski definition) is 5. The van der Waals surface area contributed by atoms with Gasteiger partial charge in [0, 0.05) is 28.4 Å². The fraction of sp³-hybridized carbons (Fsp3) is 0.100. The van der Waals surface area contributed by atoms with E-state index in [1.54, 1.807) is 0 Å². The second kappa shape index (κ2) is 6.00. The highest BCUT2D eigenvalue weighted by molar-refractivity contribution is 7.17. The average molecular weight is 362 g/mol. The summed E-state index contributed by atoms with van der Waals surface area (Å²) in [4.78, 5) is 18.6. The molecule has 0 saturated heterocycles. The van der Waals surface area contributed by atoms with Crippen LogP contribution in [0.5, 0.6) is 5.75 Å². The van der Waals surface area contributed by atoms with Crippen LogP contribution < -0.4 is 4.74 Å². The van der Waals surface area contributed by atoms with Crippen LogP contribution in [0.1, 0.15) is 20.9 Å². The lowest BCUT2D eigenvalue weighted by Gasteiger charge is -2.16. The molecule has 1 aromatic carbocycles. The van der Waals surface area contributed by atoms with Crippen LogP contribution in [-0.2, 0) is 18.0 Å². The molecule has 6 heteroatoms. The molecule has 0 aliphatic carbocycles. The number of imidazole rings is 1. The molecule has 0 fully saturated rings. The topological polar surface area (TPSA) is 52.8 Å². The summed E-state index contributed by atoms with van der Waals surface area (Å²) in [5.41, 5.74) is 3.60. The van der Waals surface area contributed by atoms with Gasteiger partial charge in [-0.3, -0.25) is 0 Å². The van der Waals surface area contributed by atoms with Gasteiger partial charge in [0.15, 0.2) is 0 Å². The van der Waals surface area contributed by atoms with Gasteiger partial charge in [-0.1, -0.05) is 18.2 Å². The predicted octanol–water partition coefficient (Wildman–Crippen LogP) is 4.31. The molecule has 5 rings (SSSR count). The van der Waals surface area contributed by atoms with E-state index >= 15 is 0 Å². The number of pyridine rings is 1. The highest BCUT2D eigenvalue weighted by Crippen LogP contribution is 2.42. The molecule has 4 aromatic rings. The van der Waals surface area contributed by atoms with Crippen molar-refractivity contribution in [2.24, 2.45) is 0 Å². The number of nitrogens with zero attached hydrogens (tertiary/aromatic N) is 2. The fourth-order valence-electron chi connectivity index (χ4n) is 3.07. The zero-order valence-electron chi connectivity index (χ0n) is 13.7. The Morgan fingerprint density at radius 2 is 2.12 bits per heavy atom. The number of aromatic nitrogens is 2. The largest absolute Gasteiger partial charge is 0.488 e. The number of carbonyl (C=O) groups is 1. The molecule has 0 saturated carbocycles. The van der Waals surface area contributed by atoms with Crippen molar-refractivity contribution in [1.29, 1.82) is 0 Å². The third-order valence-electron chi connectivity index (χ3n) is 4.29. The molecule has 26 heavy (non-hydrogen) atoms. The zero-order valence-corrected chi connectivity index (χ0v) is 14.5. The Morgan fingerprint density at radius 1 is 1.23 bits per heavy atom. The summed E-state index contributed by atoms with van der Waals surface area (Å²) in [5, 5.41) is 0. The molecular weight excluding hydrogens is 348 g/mol. The normalized spacial score (nSPS) is 12.3. The number of thiophene rings is 1. The minimum absolute atomic E-state index is 0.149. The minimum atomic E-state index is -0.334. The van der Waals surface area contributed by atoms with Crippen molar-refractivity contribution in [3.63, 3.8) is 0 Å². The van der Waals surface area contributed by atoms with Crippen molar-refractivity contribution >= 4 is 23.0 Å². The first-order valence-corrected chi connectivity index (χ1v) is 9.04. The van der Waals surface area contributed by atoms with Crippen LogP contribution in [0.3, 0.4) is 0 Å². The molecule has 0 unspecified atom stereocenters. The first kappa shape index (κ1) is 15.2. The lowest BCUT2D eigenvalue weighted by atomic mass is 10.1. The molecule has 1 aliphatic heterocycles. The Bertz CT molecular complexity index is 1100. The van der Waals surface area contributed by atoms with Gasteiger partial charge in [-0.05, 0) is 30.3 Å². The van der Waals surface area contributed by atoms with E-state index < -0.39 is 0 Å². The molecule has 3 aromatic heterocycles. The van der Waals surface area contributed by atoms with E-state index in [2.05, 4.69) is 4.98 Å². The molecule has 0 spiro atoms. The van der Waals surface area contributed by atoms with E-state index in [1.807, 2.05) is 65.3 Å². The maximum atomic E-state index is 12.5. The molecule has 0 amide bonds.